The first kappa shape index (κ1) is 16.3. The monoisotopic (exact) mass is 318 g/mol. The maximum atomic E-state index is 10.5. The standard InChI is InChI=1S/C19H26O4/c20-18(21)11-7-2-1-6-10-15-16-12-13-17(23-16)19(15)22-14-8-4-3-5-9-14/h3-5,8-9,15-17,19H,1-2,6-7,10-13H2,(H,20,21). The van der Waals surface area contributed by atoms with Gasteiger partial charge in [0.25, 0.3) is 0 Å². The number of carboxylic acid groups (broad SMARTS) is 1. The summed E-state index contributed by atoms with van der Waals surface area (Å²) in [5.41, 5.74) is 0. The molecule has 4 unspecified atom stereocenters. The molecule has 2 saturated heterocycles. The molecular weight excluding hydrogens is 292 g/mol. The van der Waals surface area contributed by atoms with Crippen LogP contribution in [0.2, 0.25) is 0 Å². The van der Waals surface area contributed by atoms with Gasteiger partial charge in [0.05, 0.1) is 12.2 Å². The van der Waals surface area contributed by atoms with Gasteiger partial charge in [-0.25, -0.2) is 0 Å². The number of ether oxygens (including phenoxy) is 2. The van der Waals surface area contributed by atoms with E-state index in [9.17, 15) is 4.79 Å². The molecular formula is C19H26O4. The molecule has 2 aliphatic rings. The first-order chi connectivity index (χ1) is 11.2. The number of rotatable bonds is 9. The van der Waals surface area contributed by atoms with E-state index in [0.717, 1.165) is 50.7 Å². The fraction of sp³-hybridized carbons (Fsp3) is 0.632. The minimum absolute atomic E-state index is 0.176. The Hall–Kier alpha value is -1.55. The van der Waals surface area contributed by atoms with Crippen molar-refractivity contribution >= 4 is 5.97 Å². The van der Waals surface area contributed by atoms with E-state index in [1.807, 2.05) is 30.3 Å². The second-order valence-corrected chi connectivity index (χ2v) is 6.70. The highest BCUT2D eigenvalue weighted by Gasteiger charge is 2.49. The van der Waals surface area contributed by atoms with Gasteiger partial charge in [-0.15, -0.1) is 0 Å². The Morgan fingerprint density at radius 2 is 1.83 bits per heavy atom. The zero-order valence-corrected chi connectivity index (χ0v) is 13.5. The van der Waals surface area contributed by atoms with Crippen molar-refractivity contribution in [2.45, 2.75) is 69.7 Å². The van der Waals surface area contributed by atoms with Crippen LogP contribution >= 0.6 is 0 Å². The Morgan fingerprint density at radius 3 is 2.61 bits per heavy atom. The van der Waals surface area contributed by atoms with Crippen LogP contribution < -0.4 is 4.74 Å². The smallest absolute Gasteiger partial charge is 0.303 e. The molecule has 2 heterocycles. The quantitative estimate of drug-likeness (QED) is 0.698. The number of hydrogen-bond donors (Lipinski definition) is 1. The van der Waals surface area contributed by atoms with E-state index in [-0.39, 0.29) is 18.6 Å². The summed E-state index contributed by atoms with van der Waals surface area (Å²) in [4.78, 5) is 10.5. The van der Waals surface area contributed by atoms with Crippen molar-refractivity contribution in [2.75, 3.05) is 0 Å². The Labute approximate surface area is 137 Å². The third kappa shape index (κ3) is 4.25. The third-order valence-electron chi connectivity index (χ3n) is 5.04. The molecule has 4 nitrogen and oxygen atoms in total. The molecule has 0 aliphatic carbocycles. The van der Waals surface area contributed by atoms with Gasteiger partial charge in [-0.3, -0.25) is 4.79 Å². The van der Waals surface area contributed by atoms with Crippen LogP contribution in [0.1, 0.15) is 51.4 Å². The summed E-state index contributed by atoms with van der Waals surface area (Å²) in [7, 11) is 0. The SMILES string of the molecule is O=C(O)CCCCCCC1C2CCC(O2)C1Oc1ccccc1. The minimum Gasteiger partial charge on any atom is -0.487 e. The lowest BCUT2D eigenvalue weighted by atomic mass is 9.83. The summed E-state index contributed by atoms with van der Waals surface area (Å²) in [6.07, 6.45) is 8.46. The van der Waals surface area contributed by atoms with Gasteiger partial charge in [0.1, 0.15) is 11.9 Å². The van der Waals surface area contributed by atoms with E-state index in [2.05, 4.69) is 0 Å². The van der Waals surface area contributed by atoms with Crippen LogP contribution in [0.5, 0.6) is 5.75 Å². The van der Waals surface area contributed by atoms with Crippen LogP contribution in [0.15, 0.2) is 30.3 Å². The van der Waals surface area contributed by atoms with E-state index in [1.54, 1.807) is 0 Å². The molecule has 2 aliphatic heterocycles. The van der Waals surface area contributed by atoms with Gasteiger partial charge in [-0.05, 0) is 37.8 Å². The summed E-state index contributed by atoms with van der Waals surface area (Å²) < 4.78 is 12.3. The highest BCUT2D eigenvalue weighted by atomic mass is 16.6. The largest absolute Gasteiger partial charge is 0.487 e. The third-order valence-corrected chi connectivity index (χ3v) is 5.04. The molecule has 126 valence electrons. The van der Waals surface area contributed by atoms with Gasteiger partial charge < -0.3 is 14.6 Å². The van der Waals surface area contributed by atoms with E-state index in [4.69, 9.17) is 14.6 Å². The summed E-state index contributed by atoms with van der Waals surface area (Å²) in [6.45, 7) is 0. The molecule has 0 radical (unpaired) electrons. The fourth-order valence-corrected chi connectivity index (χ4v) is 3.91. The predicted octanol–water partition coefficient (Wildman–Crippen LogP) is 4.04. The first-order valence-electron chi connectivity index (χ1n) is 8.83. The normalized spacial score (nSPS) is 28.9. The van der Waals surface area contributed by atoms with E-state index in [0.29, 0.717) is 12.0 Å². The second-order valence-electron chi connectivity index (χ2n) is 6.70. The molecule has 1 aromatic carbocycles. The number of para-hydroxylation sites is 1. The lowest BCUT2D eigenvalue weighted by molar-refractivity contribution is -0.137. The number of benzene rings is 1. The molecule has 2 bridgehead atoms. The van der Waals surface area contributed by atoms with Crippen molar-refractivity contribution in [1.29, 1.82) is 0 Å². The Balaban J connectivity index is 1.46. The van der Waals surface area contributed by atoms with Gasteiger partial charge in [-0.1, -0.05) is 37.5 Å². The topological polar surface area (TPSA) is 55.8 Å². The number of carbonyl (C=O) groups is 1. The number of hydrogen-bond acceptors (Lipinski definition) is 3. The molecule has 0 aromatic heterocycles. The zero-order chi connectivity index (χ0) is 16.1. The Morgan fingerprint density at radius 1 is 1.09 bits per heavy atom. The highest BCUT2D eigenvalue weighted by molar-refractivity contribution is 5.66. The average molecular weight is 318 g/mol. The van der Waals surface area contributed by atoms with Crippen molar-refractivity contribution in [2.24, 2.45) is 5.92 Å². The fourth-order valence-electron chi connectivity index (χ4n) is 3.91. The van der Waals surface area contributed by atoms with Crippen LogP contribution in [0.4, 0.5) is 0 Å². The van der Waals surface area contributed by atoms with E-state index in [1.165, 1.54) is 0 Å². The molecule has 0 spiro atoms. The molecule has 23 heavy (non-hydrogen) atoms. The Bertz CT molecular complexity index is 501. The maximum Gasteiger partial charge on any atom is 0.303 e. The average Bonchev–Trinajstić information content (AvgIpc) is 3.14. The lowest BCUT2D eigenvalue weighted by Gasteiger charge is -2.28. The number of fused-ring (bicyclic) bond motifs is 2. The van der Waals surface area contributed by atoms with Crippen molar-refractivity contribution in [3.63, 3.8) is 0 Å². The van der Waals surface area contributed by atoms with E-state index < -0.39 is 5.97 Å². The number of aliphatic carboxylic acids is 1. The van der Waals surface area contributed by atoms with Gasteiger partial charge in [0, 0.05) is 12.3 Å². The van der Waals surface area contributed by atoms with Crippen LogP contribution in [-0.4, -0.2) is 29.4 Å². The molecule has 0 amide bonds. The predicted molar refractivity (Wildman–Crippen MR) is 87.6 cm³/mol. The van der Waals surface area contributed by atoms with Crippen LogP contribution in [0.3, 0.4) is 0 Å². The molecule has 1 aromatic rings. The number of carboxylic acids is 1. The summed E-state index contributed by atoms with van der Waals surface area (Å²) in [5, 5.41) is 8.66. The van der Waals surface area contributed by atoms with Gasteiger partial charge in [-0.2, -0.15) is 0 Å². The maximum absolute atomic E-state index is 10.5. The molecule has 1 N–H and O–H groups in total. The van der Waals surface area contributed by atoms with Gasteiger partial charge in [0.15, 0.2) is 0 Å². The van der Waals surface area contributed by atoms with Crippen LogP contribution in [-0.2, 0) is 9.53 Å². The molecule has 3 rings (SSSR count). The first-order valence-corrected chi connectivity index (χ1v) is 8.83. The van der Waals surface area contributed by atoms with Crippen LogP contribution in [0, 0.1) is 5.92 Å². The lowest BCUT2D eigenvalue weighted by Crippen LogP contribution is -2.37. The van der Waals surface area contributed by atoms with E-state index >= 15 is 0 Å². The summed E-state index contributed by atoms with van der Waals surface area (Å²) in [5.74, 6) is 0.719. The molecule has 4 atom stereocenters. The Kier molecular flexibility index (Phi) is 5.55. The van der Waals surface area contributed by atoms with Crippen molar-refractivity contribution < 1.29 is 19.4 Å². The minimum atomic E-state index is -0.692. The molecule has 0 saturated carbocycles. The van der Waals surface area contributed by atoms with Crippen molar-refractivity contribution in [1.82, 2.24) is 0 Å². The highest BCUT2D eigenvalue weighted by Crippen LogP contribution is 2.43. The molecule has 2 fully saturated rings. The summed E-state index contributed by atoms with van der Waals surface area (Å²) >= 11 is 0. The van der Waals surface area contributed by atoms with Gasteiger partial charge in [0.2, 0.25) is 0 Å². The van der Waals surface area contributed by atoms with Crippen molar-refractivity contribution in [3.05, 3.63) is 30.3 Å². The molecule has 4 heteroatoms. The van der Waals surface area contributed by atoms with Crippen LogP contribution in [0.25, 0.3) is 0 Å². The number of unbranched alkanes of at least 4 members (excludes halogenated alkanes) is 3. The zero-order valence-electron chi connectivity index (χ0n) is 13.5. The van der Waals surface area contributed by atoms with Gasteiger partial charge >= 0.3 is 5.97 Å². The second kappa shape index (κ2) is 7.82. The summed E-state index contributed by atoms with van der Waals surface area (Å²) in [6, 6.07) is 10.0. The van der Waals surface area contributed by atoms with Crippen molar-refractivity contribution in [3.8, 4) is 5.75 Å².